The molecule has 0 aliphatic carbocycles. The third kappa shape index (κ3) is 2.22. The largest absolute Gasteiger partial charge is 0.458 e. The Morgan fingerprint density at radius 3 is 1.92 bits per heavy atom. The van der Waals surface area contributed by atoms with E-state index in [2.05, 4.69) is 127 Å². The minimum absolute atomic E-state index is 0.116. The molecule has 0 fully saturated rings. The lowest BCUT2D eigenvalue weighted by atomic mass is 9.32. The van der Waals surface area contributed by atoms with Crippen LogP contribution in [0.4, 0.5) is 34.1 Å². The van der Waals surface area contributed by atoms with E-state index in [4.69, 9.17) is 4.74 Å². The molecule has 0 atom stereocenters. The Morgan fingerprint density at radius 1 is 0.541 bits per heavy atom. The van der Waals surface area contributed by atoms with E-state index in [9.17, 15) is 0 Å². The summed E-state index contributed by atoms with van der Waals surface area (Å²) in [4.78, 5) is 4.94. The third-order valence-electron chi connectivity index (χ3n) is 8.82. The minimum Gasteiger partial charge on any atom is -0.458 e. The predicted octanol–water partition coefficient (Wildman–Crippen LogP) is 6.51. The zero-order valence-corrected chi connectivity index (χ0v) is 20.7. The van der Waals surface area contributed by atoms with Crippen LogP contribution in [0.3, 0.4) is 0 Å². The molecule has 174 valence electrons. The van der Waals surface area contributed by atoms with Crippen LogP contribution in [0, 0.1) is 0 Å². The summed E-state index contributed by atoms with van der Waals surface area (Å²) < 4.78 is 6.65. The zero-order chi connectivity index (χ0) is 24.5. The first-order valence-electron chi connectivity index (χ1n) is 13.0. The van der Waals surface area contributed by atoms with E-state index in [-0.39, 0.29) is 12.1 Å². The number of hydrogen-bond donors (Lipinski definition) is 0. The molecular formula is C33H23BN2O. The van der Waals surface area contributed by atoms with Crippen LogP contribution in [0.15, 0.2) is 103 Å². The molecule has 0 saturated carbocycles. The number of fused-ring (bicyclic) bond motifs is 3. The maximum absolute atomic E-state index is 6.65. The van der Waals surface area contributed by atoms with E-state index >= 15 is 0 Å². The molecule has 4 aliphatic rings. The van der Waals surface area contributed by atoms with Gasteiger partial charge in [0.2, 0.25) is 0 Å². The second-order valence-electron chi connectivity index (χ2n) is 11.0. The molecule has 0 aromatic heterocycles. The fraction of sp³-hybridized carbons (Fsp3) is 0.0909. The topological polar surface area (TPSA) is 15.7 Å². The summed E-state index contributed by atoms with van der Waals surface area (Å²) in [5.41, 5.74) is 14.0. The molecule has 4 heterocycles. The SMILES string of the molecule is CC1(C)c2ccccc2N2c3cccc4c3B3c5c(cccc5N(c5ccccc5)c5ccc1c2c53)O4. The first kappa shape index (κ1) is 19.7. The smallest absolute Gasteiger partial charge is 0.261 e. The minimum atomic E-state index is -0.116. The Hall–Kier alpha value is -4.44. The van der Waals surface area contributed by atoms with Crippen molar-refractivity contribution in [3.8, 4) is 11.5 Å². The van der Waals surface area contributed by atoms with Gasteiger partial charge in [0.25, 0.3) is 6.71 Å². The normalized spacial score (nSPS) is 16.1. The zero-order valence-electron chi connectivity index (χ0n) is 20.7. The summed E-state index contributed by atoms with van der Waals surface area (Å²) in [6.07, 6.45) is 0. The van der Waals surface area contributed by atoms with Gasteiger partial charge < -0.3 is 14.5 Å². The summed E-state index contributed by atoms with van der Waals surface area (Å²) >= 11 is 0. The second kappa shape index (κ2) is 6.46. The molecule has 4 heteroatoms. The Balaban J connectivity index is 1.48. The van der Waals surface area contributed by atoms with Crippen molar-refractivity contribution < 1.29 is 4.74 Å². The maximum Gasteiger partial charge on any atom is 0.261 e. The van der Waals surface area contributed by atoms with E-state index in [1.807, 2.05) is 0 Å². The van der Waals surface area contributed by atoms with Crippen LogP contribution in [0.25, 0.3) is 0 Å². The van der Waals surface area contributed by atoms with E-state index in [1.165, 1.54) is 56.0 Å². The summed E-state index contributed by atoms with van der Waals surface area (Å²) in [5.74, 6) is 1.92. The van der Waals surface area contributed by atoms with Crippen molar-refractivity contribution >= 4 is 57.2 Å². The summed E-state index contributed by atoms with van der Waals surface area (Å²) in [5, 5.41) is 0. The number of rotatable bonds is 1. The molecule has 0 radical (unpaired) electrons. The van der Waals surface area contributed by atoms with Crippen LogP contribution >= 0.6 is 0 Å². The molecule has 0 bridgehead atoms. The molecule has 5 aromatic carbocycles. The fourth-order valence-corrected chi connectivity index (χ4v) is 7.28. The van der Waals surface area contributed by atoms with Crippen LogP contribution in [0.1, 0.15) is 25.0 Å². The molecule has 0 saturated heterocycles. The molecule has 4 aliphatic heterocycles. The third-order valence-corrected chi connectivity index (χ3v) is 8.82. The number of hydrogen-bond acceptors (Lipinski definition) is 3. The van der Waals surface area contributed by atoms with Crippen molar-refractivity contribution in [1.29, 1.82) is 0 Å². The highest BCUT2D eigenvalue weighted by Gasteiger charge is 2.51. The number of benzene rings is 5. The Kier molecular flexibility index (Phi) is 3.44. The second-order valence-corrected chi connectivity index (χ2v) is 11.0. The van der Waals surface area contributed by atoms with Gasteiger partial charge in [0.15, 0.2) is 0 Å². The van der Waals surface area contributed by atoms with Gasteiger partial charge in [-0.15, -0.1) is 0 Å². The van der Waals surface area contributed by atoms with Gasteiger partial charge in [-0.3, -0.25) is 0 Å². The van der Waals surface area contributed by atoms with Crippen LogP contribution in [0.2, 0.25) is 0 Å². The van der Waals surface area contributed by atoms with Gasteiger partial charge in [-0.25, -0.2) is 0 Å². The van der Waals surface area contributed by atoms with Gasteiger partial charge >= 0.3 is 0 Å². The Labute approximate surface area is 216 Å². The molecule has 0 unspecified atom stereocenters. The van der Waals surface area contributed by atoms with Crippen LogP contribution in [-0.4, -0.2) is 6.71 Å². The molecule has 3 nitrogen and oxygen atoms in total. The van der Waals surface area contributed by atoms with Crippen LogP contribution in [-0.2, 0) is 5.41 Å². The quantitative estimate of drug-likeness (QED) is 0.252. The first-order chi connectivity index (χ1) is 18.1. The van der Waals surface area contributed by atoms with Crippen molar-refractivity contribution in [2.24, 2.45) is 0 Å². The molecule has 0 spiro atoms. The van der Waals surface area contributed by atoms with Gasteiger partial charge in [-0.05, 0) is 76.0 Å². The van der Waals surface area contributed by atoms with Crippen LogP contribution in [0.5, 0.6) is 11.5 Å². The average Bonchev–Trinajstić information content (AvgIpc) is 2.93. The highest BCUT2D eigenvalue weighted by Crippen LogP contribution is 2.55. The van der Waals surface area contributed by atoms with Gasteiger partial charge in [-0.2, -0.15) is 0 Å². The molecule has 0 amide bonds. The van der Waals surface area contributed by atoms with Gasteiger partial charge in [0, 0.05) is 33.9 Å². The van der Waals surface area contributed by atoms with Crippen LogP contribution < -0.4 is 30.9 Å². The first-order valence-corrected chi connectivity index (χ1v) is 13.0. The Bertz CT molecular complexity index is 1790. The summed E-state index contributed by atoms with van der Waals surface area (Å²) in [6.45, 7) is 4.87. The molecule has 37 heavy (non-hydrogen) atoms. The maximum atomic E-state index is 6.65. The van der Waals surface area contributed by atoms with E-state index < -0.39 is 0 Å². The number of para-hydroxylation sites is 2. The van der Waals surface area contributed by atoms with E-state index in [0.29, 0.717) is 0 Å². The lowest BCUT2D eigenvalue weighted by molar-refractivity contribution is 0.487. The standard InChI is InChI=1S/C33H23BN2O/c1-33(2)21-12-6-7-13-23(21)36-25-15-9-17-28-30(25)34-29-24(14-8-16-27(29)37-28)35(20-10-4-3-5-11-20)26-19-18-22(33)32(36)31(26)34/h3-19H,1-2H3. The Morgan fingerprint density at radius 2 is 1.16 bits per heavy atom. The number of anilines is 6. The average molecular weight is 474 g/mol. The molecule has 5 aromatic rings. The lowest BCUT2D eigenvalue weighted by Crippen LogP contribution is -2.64. The molecular weight excluding hydrogens is 451 g/mol. The van der Waals surface area contributed by atoms with Crippen molar-refractivity contribution in [2.75, 3.05) is 9.80 Å². The monoisotopic (exact) mass is 474 g/mol. The van der Waals surface area contributed by atoms with Crippen molar-refractivity contribution in [1.82, 2.24) is 0 Å². The van der Waals surface area contributed by atoms with Gasteiger partial charge in [0.1, 0.15) is 11.5 Å². The van der Waals surface area contributed by atoms with E-state index in [1.54, 1.807) is 0 Å². The molecule has 9 rings (SSSR count). The molecule has 0 N–H and O–H groups in total. The van der Waals surface area contributed by atoms with Gasteiger partial charge in [-0.1, -0.05) is 68.4 Å². The highest BCUT2D eigenvalue weighted by molar-refractivity contribution is 7.01. The van der Waals surface area contributed by atoms with Crippen molar-refractivity contribution in [2.45, 2.75) is 19.3 Å². The van der Waals surface area contributed by atoms with E-state index in [0.717, 1.165) is 17.2 Å². The lowest BCUT2D eigenvalue weighted by Gasteiger charge is -2.51. The van der Waals surface area contributed by atoms with Gasteiger partial charge in [0.05, 0.1) is 5.69 Å². The number of ether oxygens (including phenoxy) is 1. The summed E-state index contributed by atoms with van der Waals surface area (Å²) in [7, 11) is 0. The highest BCUT2D eigenvalue weighted by atomic mass is 16.5. The van der Waals surface area contributed by atoms with Crippen molar-refractivity contribution in [3.05, 3.63) is 114 Å². The predicted molar refractivity (Wildman–Crippen MR) is 153 cm³/mol. The fourth-order valence-electron chi connectivity index (χ4n) is 7.28. The van der Waals surface area contributed by atoms with Crippen molar-refractivity contribution in [3.63, 3.8) is 0 Å². The summed E-state index contributed by atoms with van der Waals surface area (Å²) in [6, 6.07) is 37.4. The number of nitrogens with zero attached hydrogens (tertiary/aromatic N) is 2.